The molecule has 1 N–H and O–H groups in total. The number of carbonyl (C=O) groups excluding carboxylic acids is 3. The van der Waals surface area contributed by atoms with E-state index < -0.39 is 35.4 Å². The molecule has 0 fully saturated rings. The second-order valence-electron chi connectivity index (χ2n) is 7.45. The number of Topliss-reactive ketones (excluding diaryl/α,β-unsaturated/α-hetero) is 1. The summed E-state index contributed by atoms with van der Waals surface area (Å²) >= 11 is 0. The van der Waals surface area contributed by atoms with Crippen LogP contribution in [-0.4, -0.2) is 60.5 Å². The fourth-order valence-corrected chi connectivity index (χ4v) is 3.51. The largest absolute Gasteiger partial charge is 0.461 e. The van der Waals surface area contributed by atoms with Crippen molar-refractivity contribution in [2.75, 3.05) is 26.9 Å². The number of ketones is 1. The molecule has 0 saturated heterocycles. The molecule has 1 heterocycles. The van der Waals surface area contributed by atoms with Gasteiger partial charge in [-0.25, -0.2) is 4.79 Å². The highest BCUT2D eigenvalue weighted by molar-refractivity contribution is 6.07. The van der Waals surface area contributed by atoms with Crippen molar-refractivity contribution < 1.29 is 37.0 Å². The van der Waals surface area contributed by atoms with Crippen LogP contribution in [0.2, 0.25) is 0 Å². The van der Waals surface area contributed by atoms with Gasteiger partial charge >= 0.3 is 12.1 Å². The maximum atomic E-state index is 13.4. The monoisotopic (exact) mass is 468 g/mol. The van der Waals surface area contributed by atoms with E-state index in [2.05, 4.69) is 4.98 Å². The maximum Gasteiger partial charge on any atom is 0.416 e. The van der Waals surface area contributed by atoms with E-state index in [0.717, 1.165) is 24.3 Å². The summed E-state index contributed by atoms with van der Waals surface area (Å²) in [5, 5.41) is 0. The number of methoxy groups -OCH3 is 1. The highest BCUT2D eigenvalue weighted by atomic mass is 19.4. The Morgan fingerprint density at radius 1 is 1.12 bits per heavy atom. The molecular weight excluding hydrogens is 441 g/mol. The van der Waals surface area contributed by atoms with Crippen LogP contribution in [0, 0.1) is 13.8 Å². The van der Waals surface area contributed by atoms with Gasteiger partial charge in [0.2, 0.25) is 0 Å². The summed E-state index contributed by atoms with van der Waals surface area (Å²) in [4.78, 5) is 42.7. The number of nitrogens with zero attached hydrogens (tertiary/aromatic N) is 1. The van der Waals surface area contributed by atoms with Gasteiger partial charge in [-0.15, -0.1) is 0 Å². The molecule has 2 aromatic rings. The van der Waals surface area contributed by atoms with Crippen molar-refractivity contribution in [3.8, 4) is 0 Å². The lowest BCUT2D eigenvalue weighted by atomic mass is 9.99. The Morgan fingerprint density at radius 3 is 2.24 bits per heavy atom. The van der Waals surface area contributed by atoms with Crippen LogP contribution in [0.3, 0.4) is 0 Å². The van der Waals surface area contributed by atoms with Gasteiger partial charge in [-0.1, -0.05) is 0 Å². The number of esters is 1. The molecule has 0 spiro atoms. The minimum atomic E-state index is -4.53. The Morgan fingerprint density at radius 2 is 1.73 bits per heavy atom. The van der Waals surface area contributed by atoms with E-state index in [9.17, 15) is 27.6 Å². The summed E-state index contributed by atoms with van der Waals surface area (Å²) in [7, 11) is 1.43. The zero-order valence-corrected chi connectivity index (χ0v) is 19.1. The van der Waals surface area contributed by atoms with E-state index in [4.69, 9.17) is 9.47 Å². The molecule has 0 radical (unpaired) electrons. The predicted octanol–water partition coefficient (Wildman–Crippen LogP) is 4.19. The molecule has 1 unspecified atom stereocenters. The summed E-state index contributed by atoms with van der Waals surface area (Å²) in [6.07, 6.45) is -4.53. The fraction of sp³-hybridized carbons (Fsp3) is 0.435. The summed E-state index contributed by atoms with van der Waals surface area (Å²) in [6.45, 7) is 6.75. The van der Waals surface area contributed by atoms with Crippen LogP contribution >= 0.6 is 0 Å². The Kier molecular flexibility index (Phi) is 8.43. The Bertz CT molecular complexity index is 1010. The first kappa shape index (κ1) is 26.1. The van der Waals surface area contributed by atoms with Crippen LogP contribution in [0.4, 0.5) is 13.2 Å². The first-order chi connectivity index (χ1) is 15.4. The van der Waals surface area contributed by atoms with E-state index >= 15 is 0 Å². The van der Waals surface area contributed by atoms with Gasteiger partial charge < -0.3 is 19.4 Å². The smallest absolute Gasteiger partial charge is 0.416 e. The van der Waals surface area contributed by atoms with Crippen LogP contribution in [-0.2, 0) is 15.7 Å². The number of benzene rings is 1. The van der Waals surface area contributed by atoms with E-state index in [-0.39, 0.29) is 36.6 Å². The highest BCUT2D eigenvalue weighted by Gasteiger charge is 2.33. The third-order valence-corrected chi connectivity index (χ3v) is 5.27. The third-order valence-electron chi connectivity index (χ3n) is 5.27. The second kappa shape index (κ2) is 10.7. The highest BCUT2D eigenvalue weighted by Crippen LogP contribution is 2.29. The molecule has 0 aliphatic rings. The minimum absolute atomic E-state index is 0.00785. The number of alkyl halides is 3. The molecule has 1 aromatic carbocycles. The first-order valence-corrected chi connectivity index (χ1v) is 10.3. The van der Waals surface area contributed by atoms with Crippen molar-refractivity contribution in [2.45, 2.75) is 39.9 Å². The summed E-state index contributed by atoms with van der Waals surface area (Å²) in [5.41, 5.74) is 0.387. The van der Waals surface area contributed by atoms with Gasteiger partial charge in [0.05, 0.1) is 24.8 Å². The van der Waals surface area contributed by atoms with E-state index in [1.54, 1.807) is 20.8 Å². The average molecular weight is 468 g/mol. The second-order valence-corrected chi connectivity index (χ2v) is 7.45. The zero-order chi connectivity index (χ0) is 24.9. The van der Waals surface area contributed by atoms with E-state index in [1.807, 2.05) is 0 Å². The normalized spacial score (nSPS) is 12.4. The molecular formula is C23H27F3N2O5. The molecule has 0 aliphatic carbocycles. The van der Waals surface area contributed by atoms with Crippen molar-refractivity contribution in [3.05, 3.63) is 57.9 Å². The van der Waals surface area contributed by atoms with E-state index in [0.29, 0.717) is 11.3 Å². The lowest BCUT2D eigenvalue weighted by molar-refractivity contribution is -0.137. The van der Waals surface area contributed by atoms with Gasteiger partial charge in [0.1, 0.15) is 5.69 Å². The Balaban J connectivity index is 2.37. The number of rotatable bonds is 9. The molecule has 2 rings (SSSR count). The van der Waals surface area contributed by atoms with Crippen LogP contribution < -0.4 is 0 Å². The number of nitrogens with one attached hydrogen (secondary N) is 1. The molecule has 0 bridgehead atoms. The van der Waals surface area contributed by atoms with Crippen molar-refractivity contribution in [1.29, 1.82) is 0 Å². The van der Waals surface area contributed by atoms with Gasteiger partial charge in [-0.05, 0) is 57.5 Å². The lowest BCUT2D eigenvalue weighted by Crippen LogP contribution is -2.45. The fourth-order valence-electron chi connectivity index (χ4n) is 3.51. The number of ether oxygens (including phenoxy) is 2. The van der Waals surface area contributed by atoms with Gasteiger partial charge in [-0.2, -0.15) is 13.2 Å². The third kappa shape index (κ3) is 5.81. The average Bonchev–Trinajstić information content (AvgIpc) is 3.06. The van der Waals surface area contributed by atoms with Gasteiger partial charge in [0.15, 0.2) is 5.78 Å². The molecule has 7 nitrogen and oxygen atoms in total. The maximum absolute atomic E-state index is 13.4. The molecule has 0 aliphatic heterocycles. The Labute approximate surface area is 189 Å². The number of aromatic nitrogens is 1. The predicted molar refractivity (Wildman–Crippen MR) is 114 cm³/mol. The van der Waals surface area contributed by atoms with Crippen LogP contribution in [0.1, 0.15) is 61.9 Å². The number of carbonyl (C=O) groups is 3. The van der Waals surface area contributed by atoms with E-state index in [1.165, 1.54) is 18.9 Å². The molecule has 1 aromatic heterocycles. The molecule has 180 valence electrons. The standard InChI is InChI=1S/C23H27F3N2O5/c1-6-33-22(31)19-13(2)18(14(3)27-19)20(29)15(4)28(11-12-32-5)21(30)16-7-9-17(10-8-16)23(24,25)26/h7-10,15,27H,6,11-12H2,1-5H3. The molecule has 10 heteroatoms. The number of H-pyrrole nitrogens is 1. The number of halogens is 3. The number of amides is 1. The first-order valence-electron chi connectivity index (χ1n) is 10.3. The summed E-state index contributed by atoms with van der Waals surface area (Å²) < 4.78 is 48.6. The molecule has 0 saturated carbocycles. The van der Waals surface area contributed by atoms with Gasteiger partial charge in [-0.3, -0.25) is 9.59 Å². The van der Waals surface area contributed by atoms with Crippen molar-refractivity contribution in [2.24, 2.45) is 0 Å². The molecule has 33 heavy (non-hydrogen) atoms. The van der Waals surface area contributed by atoms with Crippen molar-refractivity contribution >= 4 is 17.7 Å². The SMILES string of the molecule is CCOC(=O)c1[nH]c(C)c(C(=O)C(C)N(CCOC)C(=O)c2ccc(C(F)(F)F)cc2)c1C. The van der Waals surface area contributed by atoms with Crippen LogP contribution in [0.25, 0.3) is 0 Å². The number of hydrogen-bond acceptors (Lipinski definition) is 5. The number of aromatic amines is 1. The van der Waals surface area contributed by atoms with Crippen LogP contribution in [0.5, 0.6) is 0 Å². The minimum Gasteiger partial charge on any atom is -0.461 e. The Hall–Kier alpha value is -3.14. The van der Waals surface area contributed by atoms with Gasteiger partial charge in [0.25, 0.3) is 5.91 Å². The molecule has 1 amide bonds. The van der Waals surface area contributed by atoms with Crippen molar-refractivity contribution in [3.63, 3.8) is 0 Å². The van der Waals surface area contributed by atoms with Crippen LogP contribution in [0.15, 0.2) is 24.3 Å². The topological polar surface area (TPSA) is 88.7 Å². The summed E-state index contributed by atoms with van der Waals surface area (Å²) in [6, 6.07) is 2.82. The van der Waals surface area contributed by atoms with Gasteiger partial charge in [0, 0.05) is 30.5 Å². The lowest BCUT2D eigenvalue weighted by Gasteiger charge is -2.28. The zero-order valence-electron chi connectivity index (χ0n) is 19.1. The number of aryl methyl sites for hydroxylation is 1. The summed E-state index contributed by atoms with van der Waals surface area (Å²) in [5.74, 6) is -1.63. The molecule has 1 atom stereocenters. The number of hydrogen-bond donors (Lipinski definition) is 1. The van der Waals surface area contributed by atoms with Crippen molar-refractivity contribution in [1.82, 2.24) is 9.88 Å². The quantitative estimate of drug-likeness (QED) is 0.441.